The fourth-order valence-electron chi connectivity index (χ4n) is 3.28. The van der Waals surface area contributed by atoms with E-state index in [9.17, 15) is 4.39 Å². The number of anilines is 4. The van der Waals surface area contributed by atoms with Gasteiger partial charge in [-0.1, -0.05) is 17.7 Å². The molecule has 0 unspecified atom stereocenters. The summed E-state index contributed by atoms with van der Waals surface area (Å²) in [6.45, 7) is 3.97. The Morgan fingerprint density at radius 1 is 1.00 bits per heavy atom. The molecule has 1 aliphatic rings. The molecule has 1 fully saturated rings. The molecule has 9 heteroatoms. The van der Waals surface area contributed by atoms with Crippen molar-refractivity contribution in [2.24, 2.45) is 0 Å². The first-order valence-corrected chi connectivity index (χ1v) is 9.69. The third kappa shape index (κ3) is 5.10. The zero-order valence-electron chi connectivity index (χ0n) is 15.7. The number of hydrogen-bond donors (Lipinski definition) is 2. The smallest absolute Gasteiger partial charge is 0.232 e. The summed E-state index contributed by atoms with van der Waals surface area (Å²) in [7, 11) is 0. The topological polar surface area (TPSA) is 83.2 Å². The highest BCUT2D eigenvalue weighted by Crippen LogP contribution is 2.20. The molecule has 0 saturated carbocycles. The van der Waals surface area contributed by atoms with E-state index in [1.54, 1.807) is 12.1 Å². The van der Waals surface area contributed by atoms with Crippen LogP contribution < -0.4 is 16.0 Å². The molecule has 29 heavy (non-hydrogen) atoms. The molecule has 3 N–H and O–H groups in total. The summed E-state index contributed by atoms with van der Waals surface area (Å²) in [6.07, 6.45) is 0. The summed E-state index contributed by atoms with van der Waals surface area (Å²) < 4.78 is 13.1. The number of nitrogens with two attached hydrogens (primary N) is 1. The molecule has 0 atom stereocenters. The van der Waals surface area contributed by atoms with Gasteiger partial charge in [-0.3, -0.25) is 4.90 Å². The Labute approximate surface area is 173 Å². The van der Waals surface area contributed by atoms with Gasteiger partial charge in [0.05, 0.1) is 6.54 Å². The summed E-state index contributed by atoms with van der Waals surface area (Å²) in [6, 6.07) is 13.9. The van der Waals surface area contributed by atoms with Gasteiger partial charge < -0.3 is 16.0 Å². The van der Waals surface area contributed by atoms with E-state index in [2.05, 4.69) is 30.1 Å². The van der Waals surface area contributed by atoms with E-state index >= 15 is 0 Å². The monoisotopic (exact) mass is 413 g/mol. The number of nitrogens with one attached hydrogen (secondary N) is 1. The van der Waals surface area contributed by atoms with Crippen molar-refractivity contribution in [3.05, 3.63) is 65.2 Å². The van der Waals surface area contributed by atoms with Gasteiger partial charge >= 0.3 is 0 Å². The highest BCUT2D eigenvalue weighted by atomic mass is 35.5. The molecule has 150 valence electrons. The molecule has 0 aliphatic carbocycles. The first-order valence-electron chi connectivity index (χ1n) is 9.31. The van der Waals surface area contributed by atoms with Crippen molar-refractivity contribution in [2.45, 2.75) is 6.54 Å². The van der Waals surface area contributed by atoms with Gasteiger partial charge in [0.25, 0.3) is 0 Å². The average Bonchev–Trinajstić information content (AvgIpc) is 2.69. The van der Waals surface area contributed by atoms with Gasteiger partial charge in [-0.05, 0) is 42.5 Å². The van der Waals surface area contributed by atoms with Gasteiger partial charge in [0, 0.05) is 42.6 Å². The number of aromatic nitrogens is 3. The van der Waals surface area contributed by atoms with Crippen molar-refractivity contribution < 1.29 is 4.39 Å². The van der Waals surface area contributed by atoms with Crippen LogP contribution in [0.2, 0.25) is 5.02 Å². The van der Waals surface area contributed by atoms with Gasteiger partial charge in [-0.25, -0.2) is 4.39 Å². The summed E-state index contributed by atoms with van der Waals surface area (Å²) in [5.74, 6) is 0.948. The van der Waals surface area contributed by atoms with Crippen LogP contribution in [0, 0.1) is 5.82 Å². The first kappa shape index (κ1) is 19.4. The molecule has 3 aromatic rings. The standard InChI is InChI=1S/C20H21ClFN7/c21-14-2-1-3-16(12-14)24-20-26-18(25-19(23)27-20)13-28-8-10-29(11-9-28)17-6-4-15(22)5-7-17/h1-7,12H,8-11,13H2,(H3,23,24,25,26,27). The van der Waals surface area contributed by atoms with Crippen LogP contribution in [0.3, 0.4) is 0 Å². The van der Waals surface area contributed by atoms with E-state index in [0.717, 1.165) is 37.6 Å². The van der Waals surface area contributed by atoms with Crippen LogP contribution in [0.4, 0.5) is 27.7 Å². The maximum absolute atomic E-state index is 13.1. The van der Waals surface area contributed by atoms with Gasteiger partial charge in [-0.15, -0.1) is 0 Å². The van der Waals surface area contributed by atoms with E-state index < -0.39 is 0 Å². The van der Waals surface area contributed by atoms with Crippen LogP contribution in [-0.4, -0.2) is 46.0 Å². The zero-order valence-corrected chi connectivity index (χ0v) is 16.5. The normalized spacial score (nSPS) is 14.8. The van der Waals surface area contributed by atoms with E-state index in [-0.39, 0.29) is 11.8 Å². The molecule has 2 heterocycles. The van der Waals surface area contributed by atoms with Crippen LogP contribution in [-0.2, 0) is 6.54 Å². The Hall–Kier alpha value is -2.97. The highest BCUT2D eigenvalue weighted by molar-refractivity contribution is 6.30. The summed E-state index contributed by atoms with van der Waals surface area (Å²) >= 11 is 6.02. The van der Waals surface area contributed by atoms with Crippen LogP contribution in [0.5, 0.6) is 0 Å². The van der Waals surface area contributed by atoms with E-state index in [1.165, 1.54) is 12.1 Å². The Morgan fingerprint density at radius 2 is 1.76 bits per heavy atom. The van der Waals surface area contributed by atoms with Gasteiger partial charge in [0.1, 0.15) is 11.6 Å². The Bertz CT molecular complexity index is 975. The Morgan fingerprint density at radius 3 is 2.48 bits per heavy atom. The fraction of sp³-hybridized carbons (Fsp3) is 0.250. The fourth-order valence-corrected chi connectivity index (χ4v) is 3.47. The number of nitrogens with zero attached hydrogens (tertiary/aromatic N) is 5. The lowest BCUT2D eigenvalue weighted by Crippen LogP contribution is -2.46. The largest absolute Gasteiger partial charge is 0.369 e. The van der Waals surface area contributed by atoms with Crippen molar-refractivity contribution in [2.75, 3.05) is 42.1 Å². The van der Waals surface area contributed by atoms with E-state index in [4.69, 9.17) is 17.3 Å². The second-order valence-electron chi connectivity index (χ2n) is 6.81. The van der Waals surface area contributed by atoms with Gasteiger partial charge in [-0.2, -0.15) is 15.0 Å². The van der Waals surface area contributed by atoms with Crippen molar-refractivity contribution in [1.29, 1.82) is 0 Å². The zero-order chi connectivity index (χ0) is 20.2. The van der Waals surface area contributed by atoms with Crippen molar-refractivity contribution in [3.63, 3.8) is 0 Å². The minimum atomic E-state index is -0.220. The predicted molar refractivity (Wildman–Crippen MR) is 113 cm³/mol. The van der Waals surface area contributed by atoms with E-state index in [0.29, 0.717) is 23.3 Å². The average molecular weight is 414 g/mol. The number of piperazine rings is 1. The number of rotatable bonds is 5. The van der Waals surface area contributed by atoms with Crippen LogP contribution in [0.1, 0.15) is 5.82 Å². The molecular weight excluding hydrogens is 393 g/mol. The maximum Gasteiger partial charge on any atom is 0.232 e. The summed E-state index contributed by atoms with van der Waals surface area (Å²) in [4.78, 5) is 17.4. The van der Waals surface area contributed by atoms with Crippen LogP contribution in [0.25, 0.3) is 0 Å². The molecule has 7 nitrogen and oxygen atoms in total. The Balaban J connectivity index is 1.38. The quantitative estimate of drug-likeness (QED) is 0.663. The third-order valence-corrected chi connectivity index (χ3v) is 4.94. The van der Waals surface area contributed by atoms with Crippen molar-refractivity contribution in [1.82, 2.24) is 19.9 Å². The maximum atomic E-state index is 13.1. The van der Waals surface area contributed by atoms with Crippen molar-refractivity contribution >= 4 is 34.9 Å². The molecule has 1 aliphatic heterocycles. The minimum Gasteiger partial charge on any atom is -0.369 e. The number of halogens is 2. The number of benzene rings is 2. The SMILES string of the molecule is Nc1nc(CN2CCN(c3ccc(F)cc3)CC2)nc(Nc2cccc(Cl)c2)n1. The molecule has 0 amide bonds. The second-order valence-corrected chi connectivity index (χ2v) is 7.24. The third-order valence-electron chi connectivity index (χ3n) is 4.71. The lowest BCUT2D eigenvalue weighted by Gasteiger charge is -2.35. The summed E-state index contributed by atoms with van der Waals surface area (Å²) in [5.41, 5.74) is 7.68. The van der Waals surface area contributed by atoms with Crippen LogP contribution in [0.15, 0.2) is 48.5 Å². The molecule has 1 saturated heterocycles. The van der Waals surface area contributed by atoms with E-state index in [1.807, 2.05) is 24.3 Å². The lowest BCUT2D eigenvalue weighted by molar-refractivity contribution is 0.244. The molecule has 0 bridgehead atoms. The second kappa shape index (κ2) is 8.59. The lowest BCUT2D eigenvalue weighted by atomic mass is 10.2. The predicted octanol–water partition coefficient (Wildman–Crippen LogP) is 3.31. The van der Waals surface area contributed by atoms with Gasteiger partial charge in [0.2, 0.25) is 11.9 Å². The highest BCUT2D eigenvalue weighted by Gasteiger charge is 2.19. The minimum absolute atomic E-state index is 0.171. The molecular formula is C20H21ClFN7. The molecule has 4 rings (SSSR count). The number of nitrogen functional groups attached to an aromatic ring is 1. The molecule has 2 aromatic carbocycles. The molecule has 1 aromatic heterocycles. The Kier molecular flexibility index (Phi) is 5.73. The van der Waals surface area contributed by atoms with Gasteiger partial charge in [0.15, 0.2) is 0 Å². The molecule has 0 spiro atoms. The summed E-state index contributed by atoms with van der Waals surface area (Å²) in [5, 5.41) is 3.73. The number of hydrogen-bond acceptors (Lipinski definition) is 7. The van der Waals surface area contributed by atoms with Crippen LogP contribution >= 0.6 is 11.6 Å². The first-order chi connectivity index (χ1) is 14.0. The van der Waals surface area contributed by atoms with Crippen molar-refractivity contribution in [3.8, 4) is 0 Å². The molecule has 0 radical (unpaired) electrons.